The molecule has 0 aromatic heterocycles. The van der Waals surface area contributed by atoms with Gasteiger partial charge in [0.2, 0.25) is 0 Å². The van der Waals surface area contributed by atoms with Crippen LogP contribution in [0.15, 0.2) is 0 Å². The van der Waals surface area contributed by atoms with E-state index in [1.165, 1.54) is 26.2 Å². The summed E-state index contributed by atoms with van der Waals surface area (Å²) in [5, 5.41) is 0. The second-order valence-corrected chi connectivity index (χ2v) is 5.13. The average Bonchev–Trinajstić information content (AvgIpc) is 2.51. The Bertz CT molecular complexity index is 423. The van der Waals surface area contributed by atoms with Crippen molar-refractivity contribution in [2.24, 2.45) is 17.8 Å². The lowest BCUT2D eigenvalue weighted by Crippen LogP contribution is -2.63. The maximum Gasteiger partial charge on any atom is 0.409 e. The molecule has 0 aromatic rings. The first-order chi connectivity index (χ1) is 9.54. The molecule has 1 aliphatic carbocycles. The summed E-state index contributed by atoms with van der Waals surface area (Å²) in [5.74, 6) is -2.23. The number of carbonyl (C=O) groups excluding carboxylic acids is 3. The molecule has 0 radical (unpaired) electrons. The van der Waals surface area contributed by atoms with E-state index in [1.54, 1.807) is 0 Å². The van der Waals surface area contributed by atoms with E-state index in [2.05, 4.69) is 0 Å². The highest BCUT2D eigenvalue weighted by Gasteiger charge is 2.56. The van der Waals surface area contributed by atoms with Gasteiger partial charge in [-0.15, -0.1) is 0 Å². The predicted octanol–water partition coefficient (Wildman–Crippen LogP) is 0.425. The zero-order chi connectivity index (χ0) is 14.9. The van der Waals surface area contributed by atoms with Crippen molar-refractivity contribution in [2.45, 2.75) is 18.9 Å². The van der Waals surface area contributed by atoms with Crippen LogP contribution in [0.4, 0.5) is 4.79 Å². The van der Waals surface area contributed by atoms with Gasteiger partial charge in [0.25, 0.3) is 0 Å². The lowest BCUT2D eigenvalue weighted by atomic mass is 9.65. The van der Waals surface area contributed by atoms with Gasteiger partial charge in [-0.05, 0) is 18.8 Å². The Morgan fingerprint density at radius 2 is 1.50 bits per heavy atom. The molecule has 2 heterocycles. The van der Waals surface area contributed by atoms with Crippen LogP contribution in [0, 0.1) is 17.8 Å². The zero-order valence-electron chi connectivity index (χ0n) is 11.8. The molecule has 1 saturated carbocycles. The van der Waals surface area contributed by atoms with Crippen molar-refractivity contribution in [1.29, 1.82) is 0 Å². The van der Waals surface area contributed by atoms with Crippen LogP contribution in [-0.2, 0) is 23.8 Å². The third kappa shape index (κ3) is 2.21. The zero-order valence-corrected chi connectivity index (χ0v) is 11.8. The summed E-state index contributed by atoms with van der Waals surface area (Å²) in [4.78, 5) is 37.3. The first kappa shape index (κ1) is 14.6. The summed E-state index contributed by atoms with van der Waals surface area (Å²) < 4.78 is 14.4. The molecule has 112 valence electrons. The van der Waals surface area contributed by atoms with Gasteiger partial charge in [-0.3, -0.25) is 9.59 Å². The van der Waals surface area contributed by atoms with Gasteiger partial charge in [0.05, 0.1) is 33.2 Å². The van der Waals surface area contributed by atoms with Gasteiger partial charge in [0.1, 0.15) is 0 Å². The van der Waals surface area contributed by atoms with E-state index >= 15 is 0 Å². The number of methoxy groups -OCH3 is 3. The van der Waals surface area contributed by atoms with E-state index in [9.17, 15) is 14.4 Å². The molecule has 7 heteroatoms. The largest absolute Gasteiger partial charge is 0.469 e. The number of hydrogen-bond donors (Lipinski definition) is 0. The topological polar surface area (TPSA) is 82.1 Å². The Labute approximate surface area is 117 Å². The maximum atomic E-state index is 12.0. The molecule has 3 rings (SSSR count). The second kappa shape index (κ2) is 5.68. The molecule has 0 aromatic carbocycles. The minimum Gasteiger partial charge on any atom is -0.469 e. The fourth-order valence-electron chi connectivity index (χ4n) is 3.46. The van der Waals surface area contributed by atoms with Crippen LogP contribution < -0.4 is 0 Å². The first-order valence-corrected chi connectivity index (χ1v) is 6.55. The number of carbonyl (C=O) groups is 3. The van der Waals surface area contributed by atoms with E-state index in [0.29, 0.717) is 13.0 Å². The van der Waals surface area contributed by atoms with Crippen LogP contribution in [0.1, 0.15) is 12.8 Å². The fraction of sp³-hybridized carbons (Fsp3) is 0.769. The van der Waals surface area contributed by atoms with Crippen LogP contribution >= 0.6 is 0 Å². The normalized spacial score (nSPS) is 31.6. The van der Waals surface area contributed by atoms with Gasteiger partial charge < -0.3 is 19.1 Å². The average molecular weight is 285 g/mol. The molecule has 3 fully saturated rings. The molecule has 0 unspecified atom stereocenters. The van der Waals surface area contributed by atoms with Crippen LogP contribution in [0.25, 0.3) is 0 Å². The number of fused-ring (bicyclic) bond motifs is 3. The first-order valence-electron chi connectivity index (χ1n) is 6.55. The van der Waals surface area contributed by atoms with E-state index in [0.717, 1.165) is 6.42 Å². The van der Waals surface area contributed by atoms with Crippen molar-refractivity contribution in [3.8, 4) is 0 Å². The van der Waals surface area contributed by atoms with Crippen molar-refractivity contribution >= 4 is 18.0 Å². The van der Waals surface area contributed by atoms with Crippen molar-refractivity contribution < 1.29 is 28.6 Å². The van der Waals surface area contributed by atoms with E-state index in [1.807, 2.05) is 0 Å². The lowest BCUT2D eigenvalue weighted by Gasteiger charge is -2.51. The summed E-state index contributed by atoms with van der Waals surface area (Å²) in [7, 11) is 3.88. The molecular formula is C13H19NO6. The number of ether oxygens (including phenoxy) is 3. The molecule has 2 saturated heterocycles. The fourth-order valence-corrected chi connectivity index (χ4v) is 3.46. The maximum absolute atomic E-state index is 12.0. The third-order valence-electron chi connectivity index (χ3n) is 4.33. The van der Waals surface area contributed by atoms with E-state index in [4.69, 9.17) is 14.2 Å². The van der Waals surface area contributed by atoms with Crippen molar-refractivity contribution in [3.63, 3.8) is 0 Å². The predicted molar refractivity (Wildman–Crippen MR) is 66.6 cm³/mol. The Hall–Kier alpha value is -1.79. The highest BCUT2D eigenvalue weighted by molar-refractivity contribution is 5.84. The van der Waals surface area contributed by atoms with Gasteiger partial charge >= 0.3 is 18.0 Å². The lowest BCUT2D eigenvalue weighted by molar-refractivity contribution is -0.172. The molecule has 7 nitrogen and oxygen atoms in total. The molecule has 1 amide bonds. The minimum absolute atomic E-state index is 0.101. The number of piperidine rings is 2. The molecule has 0 N–H and O–H groups in total. The molecule has 2 aliphatic heterocycles. The minimum atomic E-state index is -0.681. The monoisotopic (exact) mass is 285 g/mol. The van der Waals surface area contributed by atoms with E-state index in [-0.39, 0.29) is 12.0 Å². The SMILES string of the molecule is COC(=O)[C@H]1[C@H]2CC[C@@H]([C@H]1C(=O)OC)N(C(=O)OC)C2. The van der Waals surface area contributed by atoms with Crippen LogP contribution in [-0.4, -0.2) is 56.8 Å². The number of nitrogens with zero attached hydrogens (tertiary/aromatic N) is 1. The summed E-state index contributed by atoms with van der Waals surface area (Å²) >= 11 is 0. The smallest absolute Gasteiger partial charge is 0.409 e. The highest BCUT2D eigenvalue weighted by atomic mass is 16.5. The summed E-state index contributed by atoms with van der Waals surface area (Å²) in [6, 6.07) is -0.371. The molecule has 4 atom stereocenters. The molecule has 20 heavy (non-hydrogen) atoms. The molecule has 2 bridgehead atoms. The van der Waals surface area contributed by atoms with Crippen LogP contribution in [0.2, 0.25) is 0 Å². The number of amides is 1. The van der Waals surface area contributed by atoms with Gasteiger partial charge in [-0.25, -0.2) is 4.79 Å². The number of esters is 2. The Morgan fingerprint density at radius 3 is 2.05 bits per heavy atom. The van der Waals surface area contributed by atoms with Gasteiger partial charge in [0, 0.05) is 12.6 Å². The molecular weight excluding hydrogens is 266 g/mol. The summed E-state index contributed by atoms with van der Waals surface area (Å²) in [5.41, 5.74) is 0. The standard InChI is InChI=1S/C13H19NO6/c1-18-11(15)9-7-4-5-8(10(9)12(16)19-2)14(6-7)13(17)20-3/h7-10H,4-6H2,1-3H3/t7-,8-,9-,10+/m0/s1. The van der Waals surface area contributed by atoms with Crippen molar-refractivity contribution in [1.82, 2.24) is 4.90 Å². The molecule has 3 aliphatic rings. The van der Waals surface area contributed by atoms with Crippen LogP contribution in [0.5, 0.6) is 0 Å². The molecule has 0 spiro atoms. The highest BCUT2D eigenvalue weighted by Crippen LogP contribution is 2.44. The number of rotatable bonds is 2. The Balaban J connectivity index is 2.32. The summed E-state index contributed by atoms with van der Waals surface area (Å²) in [6.45, 7) is 0.407. The number of hydrogen-bond acceptors (Lipinski definition) is 6. The van der Waals surface area contributed by atoms with Gasteiger partial charge in [-0.2, -0.15) is 0 Å². The van der Waals surface area contributed by atoms with Crippen molar-refractivity contribution in [3.05, 3.63) is 0 Å². The van der Waals surface area contributed by atoms with Crippen molar-refractivity contribution in [2.75, 3.05) is 27.9 Å². The Kier molecular flexibility index (Phi) is 4.15. The van der Waals surface area contributed by atoms with Gasteiger partial charge in [0.15, 0.2) is 0 Å². The van der Waals surface area contributed by atoms with Gasteiger partial charge in [-0.1, -0.05) is 0 Å². The van der Waals surface area contributed by atoms with E-state index < -0.39 is 29.9 Å². The third-order valence-corrected chi connectivity index (χ3v) is 4.33. The second-order valence-electron chi connectivity index (χ2n) is 5.13. The Morgan fingerprint density at radius 1 is 0.900 bits per heavy atom. The van der Waals surface area contributed by atoms with Crippen LogP contribution in [0.3, 0.4) is 0 Å². The quantitative estimate of drug-likeness (QED) is 0.540. The summed E-state index contributed by atoms with van der Waals surface area (Å²) in [6.07, 6.45) is 0.968.